The lowest BCUT2D eigenvalue weighted by Gasteiger charge is -1.94. The van der Waals surface area contributed by atoms with Crippen molar-refractivity contribution in [2.75, 3.05) is 7.05 Å². The van der Waals surface area contributed by atoms with Gasteiger partial charge in [0, 0.05) is 13.2 Å². The molecule has 0 saturated heterocycles. The highest BCUT2D eigenvalue weighted by atomic mass is 16.5. The summed E-state index contributed by atoms with van der Waals surface area (Å²) in [6.07, 6.45) is 4.69. The van der Waals surface area contributed by atoms with E-state index in [1.807, 2.05) is 6.07 Å². The second-order valence-corrected chi connectivity index (χ2v) is 1.67. The fourth-order valence-corrected chi connectivity index (χ4v) is 0.530. The van der Waals surface area contributed by atoms with Crippen LogP contribution in [0, 0.1) is 0 Å². The van der Waals surface area contributed by atoms with Crippen LogP contribution in [0.25, 0.3) is 0 Å². The molecular weight excluding hydrogens is 128 g/mol. The molecule has 0 N–H and O–H groups in total. The van der Waals surface area contributed by atoms with Gasteiger partial charge in [-0.25, -0.2) is 0 Å². The Morgan fingerprint density at radius 3 is 3.20 bits per heavy atom. The average molecular weight is 136 g/mol. The molecule has 1 rings (SSSR count). The maximum atomic E-state index is 5.00. The summed E-state index contributed by atoms with van der Waals surface area (Å²) in [7, 11) is 1.65. The average Bonchev–Trinajstić information content (AvgIpc) is 2.03. The summed E-state index contributed by atoms with van der Waals surface area (Å²) in [6.45, 7) is 0. The van der Waals surface area contributed by atoms with Crippen molar-refractivity contribution in [1.29, 1.82) is 0 Å². The zero-order valence-electron chi connectivity index (χ0n) is 5.69. The van der Waals surface area contributed by atoms with Crippen molar-refractivity contribution in [2.45, 2.75) is 0 Å². The topological polar surface area (TPSA) is 34.5 Å². The van der Waals surface area contributed by atoms with Crippen LogP contribution in [0.1, 0.15) is 0 Å². The monoisotopic (exact) mass is 136 g/mol. The van der Waals surface area contributed by atoms with E-state index in [0.29, 0.717) is 5.75 Å². The number of ether oxygens (including phenoxy) is 1. The van der Waals surface area contributed by atoms with Crippen LogP contribution in [-0.2, 0) is 0 Å². The Kier molecular flexibility index (Phi) is 2.43. The Bertz CT molecular complexity index is 208. The minimum Gasteiger partial charge on any atom is -0.445 e. The van der Waals surface area contributed by atoms with E-state index in [2.05, 4.69) is 9.98 Å². The van der Waals surface area contributed by atoms with Gasteiger partial charge in [-0.3, -0.25) is 9.98 Å². The molecule has 0 atom stereocenters. The first kappa shape index (κ1) is 6.74. The number of hydrogen-bond acceptors (Lipinski definition) is 3. The van der Waals surface area contributed by atoms with Gasteiger partial charge in [0.15, 0.2) is 6.40 Å². The van der Waals surface area contributed by atoms with E-state index in [4.69, 9.17) is 4.74 Å². The fraction of sp³-hybridized carbons (Fsp3) is 0.143. The highest BCUT2D eigenvalue weighted by Gasteiger charge is 1.84. The molecule has 1 heterocycles. The van der Waals surface area contributed by atoms with Crippen molar-refractivity contribution < 1.29 is 4.74 Å². The van der Waals surface area contributed by atoms with E-state index in [1.165, 1.54) is 6.40 Å². The van der Waals surface area contributed by atoms with Crippen LogP contribution in [0.3, 0.4) is 0 Å². The van der Waals surface area contributed by atoms with Crippen molar-refractivity contribution >= 4 is 6.40 Å². The van der Waals surface area contributed by atoms with Gasteiger partial charge in [-0.15, -0.1) is 0 Å². The summed E-state index contributed by atoms with van der Waals surface area (Å²) in [4.78, 5) is 7.51. The van der Waals surface area contributed by atoms with Crippen molar-refractivity contribution in [2.24, 2.45) is 4.99 Å². The molecule has 0 aromatic carbocycles. The Morgan fingerprint density at radius 1 is 1.70 bits per heavy atom. The smallest absolute Gasteiger partial charge is 0.176 e. The Hall–Kier alpha value is -1.38. The summed E-state index contributed by atoms with van der Waals surface area (Å²) >= 11 is 0. The molecule has 0 radical (unpaired) electrons. The van der Waals surface area contributed by atoms with E-state index >= 15 is 0 Å². The lowest BCUT2D eigenvalue weighted by atomic mass is 10.5. The molecule has 0 saturated carbocycles. The van der Waals surface area contributed by atoms with Crippen LogP contribution in [0.5, 0.6) is 5.75 Å². The van der Waals surface area contributed by atoms with Gasteiger partial charge in [0.1, 0.15) is 5.75 Å². The van der Waals surface area contributed by atoms with Crippen molar-refractivity contribution in [1.82, 2.24) is 4.98 Å². The first-order chi connectivity index (χ1) is 4.93. The van der Waals surface area contributed by atoms with Gasteiger partial charge in [0.2, 0.25) is 0 Å². The second-order valence-electron chi connectivity index (χ2n) is 1.67. The van der Waals surface area contributed by atoms with E-state index in [9.17, 15) is 0 Å². The number of aromatic nitrogens is 1. The predicted molar refractivity (Wildman–Crippen MR) is 39.3 cm³/mol. The summed E-state index contributed by atoms with van der Waals surface area (Å²) in [5, 5.41) is 0. The van der Waals surface area contributed by atoms with Gasteiger partial charge >= 0.3 is 0 Å². The second kappa shape index (κ2) is 3.61. The van der Waals surface area contributed by atoms with E-state index in [0.717, 1.165) is 0 Å². The summed E-state index contributed by atoms with van der Waals surface area (Å²) in [5.41, 5.74) is 0. The lowest BCUT2D eigenvalue weighted by Crippen LogP contribution is -1.88. The molecule has 0 spiro atoms. The molecule has 1 aromatic heterocycles. The van der Waals surface area contributed by atoms with Crippen LogP contribution in [0.4, 0.5) is 0 Å². The molecule has 3 heteroatoms. The molecule has 0 unspecified atom stereocenters. The number of nitrogens with zero attached hydrogens (tertiary/aromatic N) is 2. The van der Waals surface area contributed by atoms with E-state index < -0.39 is 0 Å². The van der Waals surface area contributed by atoms with Crippen LogP contribution in [0.15, 0.2) is 29.5 Å². The van der Waals surface area contributed by atoms with Gasteiger partial charge in [0.05, 0.1) is 6.20 Å². The quantitative estimate of drug-likeness (QED) is 0.451. The molecule has 1 aromatic rings. The molecule has 0 aliphatic heterocycles. The fourth-order valence-electron chi connectivity index (χ4n) is 0.530. The van der Waals surface area contributed by atoms with Gasteiger partial charge in [0.25, 0.3) is 0 Å². The van der Waals surface area contributed by atoms with Crippen LogP contribution < -0.4 is 4.74 Å². The van der Waals surface area contributed by atoms with Gasteiger partial charge in [-0.05, 0) is 12.1 Å². The largest absolute Gasteiger partial charge is 0.445 e. The highest BCUT2D eigenvalue weighted by molar-refractivity contribution is 5.50. The Labute approximate surface area is 59.4 Å². The van der Waals surface area contributed by atoms with Gasteiger partial charge in [-0.2, -0.15) is 0 Å². The zero-order chi connectivity index (χ0) is 7.23. The first-order valence-corrected chi connectivity index (χ1v) is 2.91. The number of pyridine rings is 1. The molecule has 52 valence electrons. The summed E-state index contributed by atoms with van der Waals surface area (Å²) in [6, 6.07) is 3.62. The minimum atomic E-state index is 0.702. The minimum absolute atomic E-state index is 0.702. The standard InChI is InChI=1S/C7H8N2O/c1-8-6-10-7-3-2-4-9-5-7/h2-6H,1H3. The third kappa shape index (κ3) is 1.85. The van der Waals surface area contributed by atoms with Gasteiger partial charge < -0.3 is 4.74 Å². The SMILES string of the molecule is CN=COc1cccnc1. The molecule has 0 aliphatic rings. The molecule has 0 aliphatic carbocycles. The normalized spacial score (nSPS) is 10.1. The predicted octanol–water partition coefficient (Wildman–Crippen LogP) is 1.12. The molecule has 3 nitrogen and oxygen atoms in total. The zero-order valence-corrected chi connectivity index (χ0v) is 5.69. The van der Waals surface area contributed by atoms with Crippen LogP contribution in [0.2, 0.25) is 0 Å². The van der Waals surface area contributed by atoms with Crippen molar-refractivity contribution in [3.05, 3.63) is 24.5 Å². The molecular formula is C7H8N2O. The number of hydrogen-bond donors (Lipinski definition) is 0. The molecule has 0 amide bonds. The maximum Gasteiger partial charge on any atom is 0.176 e. The first-order valence-electron chi connectivity index (χ1n) is 2.91. The van der Waals surface area contributed by atoms with E-state index in [-0.39, 0.29) is 0 Å². The molecule has 10 heavy (non-hydrogen) atoms. The Balaban J connectivity index is 2.59. The third-order valence-corrected chi connectivity index (χ3v) is 0.929. The Morgan fingerprint density at radius 2 is 2.60 bits per heavy atom. The number of rotatable bonds is 2. The molecule has 0 bridgehead atoms. The van der Waals surface area contributed by atoms with Crippen LogP contribution in [-0.4, -0.2) is 18.4 Å². The third-order valence-electron chi connectivity index (χ3n) is 0.929. The number of aliphatic imine (C=N–C) groups is 1. The maximum absolute atomic E-state index is 5.00. The molecule has 0 fully saturated rings. The van der Waals surface area contributed by atoms with Crippen molar-refractivity contribution in [3.63, 3.8) is 0 Å². The van der Waals surface area contributed by atoms with Crippen LogP contribution >= 0.6 is 0 Å². The summed E-state index contributed by atoms with van der Waals surface area (Å²) in [5.74, 6) is 0.702. The summed E-state index contributed by atoms with van der Waals surface area (Å²) < 4.78 is 5.00. The lowest BCUT2D eigenvalue weighted by molar-refractivity contribution is 0.570. The van der Waals surface area contributed by atoms with Gasteiger partial charge in [-0.1, -0.05) is 0 Å². The van der Waals surface area contributed by atoms with E-state index in [1.54, 1.807) is 25.5 Å². The highest BCUT2D eigenvalue weighted by Crippen LogP contribution is 2.03. The van der Waals surface area contributed by atoms with Crippen molar-refractivity contribution in [3.8, 4) is 5.75 Å².